The van der Waals surface area contributed by atoms with E-state index in [-0.39, 0.29) is 17.0 Å². The molecule has 0 unspecified atom stereocenters. The Kier molecular flexibility index (Phi) is 3.93. The summed E-state index contributed by atoms with van der Waals surface area (Å²) in [5, 5.41) is 10.0. The van der Waals surface area contributed by atoms with Gasteiger partial charge in [-0.25, -0.2) is 0 Å². The minimum atomic E-state index is -0.241. The summed E-state index contributed by atoms with van der Waals surface area (Å²) in [6.45, 7) is 8.08. The van der Waals surface area contributed by atoms with Gasteiger partial charge in [-0.1, -0.05) is 19.4 Å². The van der Waals surface area contributed by atoms with Gasteiger partial charge in [0.2, 0.25) is 5.88 Å². The highest BCUT2D eigenvalue weighted by Gasteiger charge is 2.11. The van der Waals surface area contributed by atoms with Crippen molar-refractivity contribution in [3.8, 4) is 5.88 Å². The molecule has 2 aromatic heterocycles. The minimum Gasteiger partial charge on any atom is -0.493 e. The lowest BCUT2D eigenvalue weighted by Crippen LogP contribution is -2.18. The first-order chi connectivity index (χ1) is 9.43. The van der Waals surface area contributed by atoms with Crippen LogP contribution in [0.5, 0.6) is 5.88 Å². The number of aryl methyl sites for hydroxylation is 1. The van der Waals surface area contributed by atoms with Crippen molar-refractivity contribution < 1.29 is 5.11 Å². The van der Waals surface area contributed by atoms with E-state index in [1.807, 2.05) is 19.9 Å². The van der Waals surface area contributed by atoms with Crippen molar-refractivity contribution in [2.45, 2.75) is 34.1 Å². The van der Waals surface area contributed by atoms with Crippen LogP contribution < -0.4 is 5.56 Å². The third kappa shape index (κ3) is 2.59. The molecule has 0 aliphatic heterocycles. The molecule has 0 aromatic carbocycles. The molecule has 4 heteroatoms. The third-order valence-corrected chi connectivity index (χ3v) is 3.76. The molecule has 0 radical (unpaired) electrons. The molecule has 1 N–H and O–H groups in total. The van der Waals surface area contributed by atoms with Crippen LogP contribution >= 0.6 is 0 Å². The van der Waals surface area contributed by atoms with Crippen LogP contribution in [0, 0.1) is 12.8 Å². The normalized spacial score (nSPS) is 13.7. The molecule has 2 heterocycles. The molecule has 0 bridgehead atoms. The lowest BCUT2D eigenvalue weighted by atomic mass is 9.98. The van der Waals surface area contributed by atoms with Crippen molar-refractivity contribution in [3.05, 3.63) is 45.4 Å². The minimum absolute atomic E-state index is 0.205. The fraction of sp³-hybridized carbons (Fsp3) is 0.375. The van der Waals surface area contributed by atoms with Crippen LogP contribution in [0.15, 0.2) is 28.7 Å². The molecule has 0 amide bonds. The van der Waals surface area contributed by atoms with E-state index in [1.165, 1.54) is 4.40 Å². The van der Waals surface area contributed by atoms with Gasteiger partial charge in [0.05, 0.1) is 0 Å². The van der Waals surface area contributed by atoms with Crippen LogP contribution in [-0.4, -0.2) is 14.5 Å². The van der Waals surface area contributed by atoms with Crippen molar-refractivity contribution in [2.75, 3.05) is 0 Å². The summed E-state index contributed by atoms with van der Waals surface area (Å²) < 4.78 is 1.46. The van der Waals surface area contributed by atoms with E-state index in [1.54, 1.807) is 18.3 Å². The van der Waals surface area contributed by atoms with Crippen LogP contribution in [0.2, 0.25) is 0 Å². The van der Waals surface area contributed by atoms with Crippen molar-refractivity contribution >= 4 is 11.7 Å². The molecule has 0 fully saturated rings. The van der Waals surface area contributed by atoms with Crippen molar-refractivity contribution in [2.24, 2.45) is 5.92 Å². The molecular formula is C16H20N2O2. The first-order valence-corrected chi connectivity index (χ1v) is 6.84. The Morgan fingerprint density at radius 1 is 1.55 bits per heavy atom. The summed E-state index contributed by atoms with van der Waals surface area (Å²) >= 11 is 0. The summed E-state index contributed by atoms with van der Waals surface area (Å²) in [5.41, 5.74) is 2.54. The van der Waals surface area contributed by atoms with E-state index in [0.717, 1.165) is 17.6 Å². The maximum Gasteiger partial charge on any atom is 0.269 e. The number of rotatable bonds is 3. The smallest absolute Gasteiger partial charge is 0.269 e. The molecule has 4 nitrogen and oxygen atoms in total. The van der Waals surface area contributed by atoms with Gasteiger partial charge in [0.25, 0.3) is 5.56 Å². The molecule has 2 aromatic rings. The molecule has 2 rings (SSSR count). The number of hydrogen-bond acceptors (Lipinski definition) is 3. The zero-order chi connectivity index (χ0) is 14.9. The van der Waals surface area contributed by atoms with E-state index >= 15 is 0 Å². The number of allylic oxidation sites excluding steroid dienone is 1. The second-order valence-corrected chi connectivity index (χ2v) is 5.28. The number of nitrogens with zero attached hydrogens (tertiary/aromatic N) is 2. The fourth-order valence-electron chi connectivity index (χ4n) is 2.06. The Bertz CT molecular complexity index is 729. The van der Waals surface area contributed by atoms with Gasteiger partial charge < -0.3 is 5.11 Å². The molecule has 0 spiro atoms. The van der Waals surface area contributed by atoms with Crippen LogP contribution in [0.3, 0.4) is 0 Å². The molecule has 20 heavy (non-hydrogen) atoms. The molecular weight excluding hydrogens is 252 g/mol. The van der Waals surface area contributed by atoms with Crippen LogP contribution in [-0.2, 0) is 0 Å². The van der Waals surface area contributed by atoms with E-state index in [9.17, 15) is 9.90 Å². The van der Waals surface area contributed by atoms with Crippen LogP contribution in [0.4, 0.5) is 0 Å². The number of aromatic hydroxyl groups is 1. The van der Waals surface area contributed by atoms with E-state index in [2.05, 4.69) is 18.8 Å². The monoisotopic (exact) mass is 272 g/mol. The summed E-state index contributed by atoms with van der Waals surface area (Å²) in [6.07, 6.45) is 4.42. The molecule has 0 saturated heterocycles. The lowest BCUT2D eigenvalue weighted by molar-refractivity contribution is 0.451. The zero-order valence-electron chi connectivity index (χ0n) is 12.3. The zero-order valence-corrected chi connectivity index (χ0v) is 12.3. The fourth-order valence-corrected chi connectivity index (χ4v) is 2.06. The molecule has 106 valence electrons. The van der Waals surface area contributed by atoms with E-state index < -0.39 is 0 Å². The highest BCUT2D eigenvalue weighted by Crippen LogP contribution is 2.20. The van der Waals surface area contributed by atoms with Crippen molar-refractivity contribution in [1.82, 2.24) is 9.38 Å². The number of hydrogen-bond donors (Lipinski definition) is 1. The third-order valence-electron chi connectivity index (χ3n) is 3.76. The lowest BCUT2D eigenvalue weighted by Gasteiger charge is -2.10. The molecule has 0 saturated carbocycles. The molecule has 0 aliphatic carbocycles. The molecule has 0 aliphatic rings. The summed E-state index contributed by atoms with van der Waals surface area (Å²) in [7, 11) is 0. The van der Waals surface area contributed by atoms with Crippen molar-refractivity contribution in [3.63, 3.8) is 0 Å². The average molecular weight is 272 g/mol. The maximum atomic E-state index is 12.4. The topological polar surface area (TPSA) is 54.6 Å². The highest BCUT2D eigenvalue weighted by molar-refractivity contribution is 5.59. The van der Waals surface area contributed by atoms with Crippen LogP contribution in [0.1, 0.15) is 38.3 Å². The standard InChI is InChI=1S/C16H20N2O2/c1-5-11(3)12(4)9-13-15(19)17-14-8-10(2)6-7-18(14)16(13)20/h6-9,11,19H,5H2,1-4H3/b12-9+/t11-/m0/s1. The van der Waals surface area contributed by atoms with Gasteiger partial charge in [-0.05, 0) is 50.0 Å². The molecule has 1 atom stereocenters. The first-order valence-electron chi connectivity index (χ1n) is 6.84. The Labute approximate surface area is 118 Å². The Morgan fingerprint density at radius 2 is 2.25 bits per heavy atom. The van der Waals surface area contributed by atoms with Gasteiger partial charge in [0.15, 0.2) is 0 Å². The van der Waals surface area contributed by atoms with Gasteiger partial charge in [-0.15, -0.1) is 0 Å². The van der Waals surface area contributed by atoms with Gasteiger partial charge in [0, 0.05) is 6.20 Å². The van der Waals surface area contributed by atoms with Gasteiger partial charge in [-0.3, -0.25) is 9.20 Å². The van der Waals surface area contributed by atoms with Gasteiger partial charge >= 0.3 is 0 Å². The number of pyridine rings is 1. The Morgan fingerprint density at radius 3 is 2.90 bits per heavy atom. The van der Waals surface area contributed by atoms with Crippen LogP contribution in [0.25, 0.3) is 11.7 Å². The SMILES string of the molecule is CC[C@H](C)/C(C)=C/c1c(O)nc2cc(C)ccn2c1=O. The second kappa shape index (κ2) is 5.49. The second-order valence-electron chi connectivity index (χ2n) is 5.28. The maximum absolute atomic E-state index is 12.4. The van der Waals surface area contributed by atoms with E-state index in [4.69, 9.17) is 0 Å². The van der Waals surface area contributed by atoms with Gasteiger partial charge in [-0.2, -0.15) is 4.98 Å². The number of fused-ring (bicyclic) bond motifs is 1. The van der Waals surface area contributed by atoms with Gasteiger partial charge in [0.1, 0.15) is 11.2 Å². The Balaban J connectivity index is 2.66. The summed E-state index contributed by atoms with van der Waals surface area (Å²) in [6, 6.07) is 3.62. The largest absolute Gasteiger partial charge is 0.493 e. The quantitative estimate of drug-likeness (QED) is 0.933. The van der Waals surface area contributed by atoms with E-state index in [0.29, 0.717) is 11.6 Å². The predicted molar refractivity (Wildman–Crippen MR) is 81.0 cm³/mol. The summed E-state index contributed by atoms with van der Waals surface area (Å²) in [5.74, 6) is 0.163. The predicted octanol–water partition coefficient (Wildman–Crippen LogP) is 3.16. The number of aromatic nitrogens is 2. The Hall–Kier alpha value is -2.10. The summed E-state index contributed by atoms with van der Waals surface area (Å²) in [4.78, 5) is 16.5. The van der Waals surface area contributed by atoms with Crippen molar-refractivity contribution in [1.29, 1.82) is 0 Å². The highest BCUT2D eigenvalue weighted by atomic mass is 16.3. The average Bonchev–Trinajstić information content (AvgIpc) is 2.41. The first kappa shape index (κ1) is 14.3.